The summed E-state index contributed by atoms with van der Waals surface area (Å²) in [5.74, 6) is 0. The molecule has 0 spiro atoms. The number of aryl methyl sites for hydroxylation is 2. The van der Waals surface area contributed by atoms with E-state index in [0.29, 0.717) is 13.1 Å². The lowest BCUT2D eigenvalue weighted by Crippen LogP contribution is -2.33. The molecule has 0 aliphatic carbocycles. The van der Waals surface area contributed by atoms with Crippen molar-refractivity contribution in [3.05, 3.63) is 29.3 Å². The first kappa shape index (κ1) is 11.5. The molecule has 0 heterocycles. The van der Waals surface area contributed by atoms with Crippen molar-refractivity contribution in [2.24, 2.45) is 5.73 Å². The van der Waals surface area contributed by atoms with Gasteiger partial charge in [-0.05, 0) is 31.0 Å². The Hall–Kier alpha value is -1.55. The predicted molar refractivity (Wildman–Crippen MR) is 62.0 cm³/mol. The molecule has 1 aromatic carbocycles. The van der Waals surface area contributed by atoms with Gasteiger partial charge < -0.3 is 16.4 Å². The molecular formula is C11H17N3O. The standard InChI is InChI=1S/C11H17N3O/c1-8-3-4-9(2)10(7-8)14-11(15)13-6-5-12/h3-4,7H,5-6,12H2,1-2H3,(H2,13,14,15). The number of rotatable bonds is 3. The van der Waals surface area contributed by atoms with Gasteiger partial charge in [-0.3, -0.25) is 0 Å². The van der Waals surface area contributed by atoms with Crippen molar-refractivity contribution in [3.63, 3.8) is 0 Å². The van der Waals surface area contributed by atoms with E-state index in [1.165, 1.54) is 0 Å². The number of nitrogens with two attached hydrogens (primary N) is 1. The van der Waals surface area contributed by atoms with Crippen LogP contribution in [0.3, 0.4) is 0 Å². The van der Waals surface area contributed by atoms with Crippen molar-refractivity contribution in [3.8, 4) is 0 Å². The van der Waals surface area contributed by atoms with Gasteiger partial charge in [0.05, 0.1) is 0 Å². The fourth-order valence-electron chi connectivity index (χ4n) is 1.22. The minimum Gasteiger partial charge on any atom is -0.337 e. The summed E-state index contributed by atoms with van der Waals surface area (Å²) >= 11 is 0. The molecule has 0 aliphatic rings. The first-order chi connectivity index (χ1) is 7.13. The van der Waals surface area contributed by atoms with Crippen molar-refractivity contribution in [1.29, 1.82) is 0 Å². The summed E-state index contributed by atoms with van der Waals surface area (Å²) in [7, 11) is 0. The summed E-state index contributed by atoms with van der Waals surface area (Å²) in [6.45, 7) is 4.87. The molecule has 4 N–H and O–H groups in total. The molecule has 0 radical (unpaired) electrons. The maximum absolute atomic E-state index is 11.4. The van der Waals surface area contributed by atoms with Crippen molar-refractivity contribution in [2.45, 2.75) is 13.8 Å². The molecule has 82 valence electrons. The van der Waals surface area contributed by atoms with Crippen LogP contribution in [-0.4, -0.2) is 19.1 Å². The van der Waals surface area contributed by atoms with Crippen LogP contribution in [0.25, 0.3) is 0 Å². The van der Waals surface area contributed by atoms with E-state index >= 15 is 0 Å². The zero-order chi connectivity index (χ0) is 11.3. The smallest absolute Gasteiger partial charge is 0.319 e. The molecular weight excluding hydrogens is 190 g/mol. The summed E-state index contributed by atoms with van der Waals surface area (Å²) < 4.78 is 0. The third kappa shape index (κ3) is 3.59. The number of hydrogen-bond donors (Lipinski definition) is 3. The minimum atomic E-state index is -0.214. The van der Waals surface area contributed by atoms with Crippen molar-refractivity contribution >= 4 is 11.7 Å². The molecule has 0 saturated heterocycles. The number of anilines is 1. The van der Waals surface area contributed by atoms with E-state index < -0.39 is 0 Å². The highest BCUT2D eigenvalue weighted by molar-refractivity contribution is 5.90. The summed E-state index contributed by atoms with van der Waals surface area (Å²) in [5, 5.41) is 5.43. The third-order valence-electron chi connectivity index (χ3n) is 2.07. The second kappa shape index (κ2) is 5.36. The lowest BCUT2D eigenvalue weighted by Gasteiger charge is -2.09. The molecule has 0 atom stereocenters. The average molecular weight is 207 g/mol. The van der Waals surface area contributed by atoms with Gasteiger partial charge in [-0.1, -0.05) is 12.1 Å². The van der Waals surface area contributed by atoms with E-state index in [2.05, 4.69) is 10.6 Å². The number of amides is 2. The molecule has 15 heavy (non-hydrogen) atoms. The van der Waals surface area contributed by atoms with Crippen LogP contribution in [0.15, 0.2) is 18.2 Å². The van der Waals surface area contributed by atoms with Gasteiger partial charge in [-0.2, -0.15) is 0 Å². The van der Waals surface area contributed by atoms with Gasteiger partial charge >= 0.3 is 6.03 Å². The Morgan fingerprint density at radius 3 is 2.80 bits per heavy atom. The topological polar surface area (TPSA) is 67.2 Å². The van der Waals surface area contributed by atoms with Gasteiger partial charge in [0.1, 0.15) is 0 Å². The summed E-state index contributed by atoms with van der Waals surface area (Å²) in [5.41, 5.74) is 8.28. The first-order valence-electron chi connectivity index (χ1n) is 4.95. The second-order valence-corrected chi connectivity index (χ2v) is 3.49. The summed E-state index contributed by atoms with van der Waals surface area (Å²) in [6.07, 6.45) is 0. The van der Waals surface area contributed by atoms with Gasteiger partial charge in [-0.25, -0.2) is 4.79 Å². The predicted octanol–water partition coefficient (Wildman–Crippen LogP) is 1.38. The summed E-state index contributed by atoms with van der Waals surface area (Å²) in [4.78, 5) is 11.4. The maximum atomic E-state index is 11.4. The zero-order valence-corrected chi connectivity index (χ0v) is 9.13. The molecule has 0 aliphatic heterocycles. The maximum Gasteiger partial charge on any atom is 0.319 e. The largest absolute Gasteiger partial charge is 0.337 e. The van der Waals surface area contributed by atoms with Crippen molar-refractivity contribution in [1.82, 2.24) is 5.32 Å². The molecule has 1 aromatic rings. The molecule has 4 heteroatoms. The quantitative estimate of drug-likeness (QED) is 0.701. The third-order valence-corrected chi connectivity index (χ3v) is 2.07. The lowest BCUT2D eigenvalue weighted by atomic mass is 10.1. The highest BCUT2D eigenvalue weighted by Crippen LogP contribution is 2.15. The number of carbonyl (C=O) groups excluding carboxylic acids is 1. The number of carbonyl (C=O) groups is 1. The molecule has 0 saturated carbocycles. The highest BCUT2D eigenvalue weighted by atomic mass is 16.2. The fourth-order valence-corrected chi connectivity index (χ4v) is 1.22. The lowest BCUT2D eigenvalue weighted by molar-refractivity contribution is 0.252. The van der Waals surface area contributed by atoms with Crippen molar-refractivity contribution in [2.75, 3.05) is 18.4 Å². The Kier molecular flexibility index (Phi) is 4.12. The van der Waals surface area contributed by atoms with Crippen LogP contribution in [-0.2, 0) is 0 Å². The number of nitrogens with one attached hydrogen (secondary N) is 2. The van der Waals surface area contributed by atoms with Gasteiger partial charge in [0.25, 0.3) is 0 Å². The monoisotopic (exact) mass is 207 g/mol. The van der Waals surface area contributed by atoms with E-state index in [0.717, 1.165) is 16.8 Å². The van der Waals surface area contributed by atoms with Gasteiger partial charge in [0.15, 0.2) is 0 Å². The van der Waals surface area contributed by atoms with Crippen LogP contribution in [0.1, 0.15) is 11.1 Å². The van der Waals surface area contributed by atoms with E-state index in [1.807, 2.05) is 32.0 Å². The van der Waals surface area contributed by atoms with Gasteiger partial charge in [0.2, 0.25) is 0 Å². The number of urea groups is 1. The Morgan fingerprint density at radius 1 is 1.40 bits per heavy atom. The number of hydrogen-bond acceptors (Lipinski definition) is 2. The Morgan fingerprint density at radius 2 is 2.13 bits per heavy atom. The van der Waals surface area contributed by atoms with E-state index in [4.69, 9.17) is 5.73 Å². The minimum absolute atomic E-state index is 0.214. The Bertz CT molecular complexity index is 350. The zero-order valence-electron chi connectivity index (χ0n) is 9.13. The van der Waals surface area contributed by atoms with E-state index in [1.54, 1.807) is 0 Å². The molecule has 0 unspecified atom stereocenters. The molecule has 4 nitrogen and oxygen atoms in total. The average Bonchev–Trinajstić information content (AvgIpc) is 2.20. The SMILES string of the molecule is Cc1ccc(C)c(NC(=O)NCCN)c1. The van der Waals surface area contributed by atoms with Gasteiger partial charge in [-0.15, -0.1) is 0 Å². The fraction of sp³-hybridized carbons (Fsp3) is 0.364. The first-order valence-corrected chi connectivity index (χ1v) is 4.95. The van der Waals surface area contributed by atoms with E-state index in [9.17, 15) is 4.79 Å². The normalized spacial score (nSPS) is 9.80. The van der Waals surface area contributed by atoms with Crippen LogP contribution >= 0.6 is 0 Å². The Balaban J connectivity index is 2.63. The van der Waals surface area contributed by atoms with Gasteiger partial charge in [0, 0.05) is 18.8 Å². The van der Waals surface area contributed by atoms with E-state index in [-0.39, 0.29) is 6.03 Å². The molecule has 0 bridgehead atoms. The van der Waals surface area contributed by atoms with Crippen LogP contribution < -0.4 is 16.4 Å². The summed E-state index contributed by atoms with van der Waals surface area (Å²) in [6, 6.07) is 5.72. The molecule has 2 amide bonds. The van der Waals surface area contributed by atoms with Crippen LogP contribution in [0.5, 0.6) is 0 Å². The second-order valence-electron chi connectivity index (χ2n) is 3.49. The highest BCUT2D eigenvalue weighted by Gasteiger charge is 2.03. The Labute approximate surface area is 89.9 Å². The molecule has 0 aromatic heterocycles. The van der Waals surface area contributed by atoms with Crippen molar-refractivity contribution < 1.29 is 4.79 Å². The molecule has 1 rings (SSSR count). The molecule has 0 fully saturated rings. The van der Waals surface area contributed by atoms with Crippen LogP contribution in [0.2, 0.25) is 0 Å². The van der Waals surface area contributed by atoms with Crippen LogP contribution in [0.4, 0.5) is 10.5 Å². The number of benzene rings is 1. The van der Waals surface area contributed by atoms with Crippen LogP contribution in [0, 0.1) is 13.8 Å².